The molecule has 3 aromatic carbocycles. The van der Waals surface area contributed by atoms with Gasteiger partial charge in [0.1, 0.15) is 16.8 Å². The number of ether oxygens (including phenoxy) is 1. The Kier molecular flexibility index (Phi) is 8.11. The van der Waals surface area contributed by atoms with Gasteiger partial charge in [0.25, 0.3) is 0 Å². The fourth-order valence-corrected chi connectivity index (χ4v) is 5.38. The van der Waals surface area contributed by atoms with Crippen molar-refractivity contribution in [2.45, 2.75) is 20.8 Å². The fourth-order valence-electron chi connectivity index (χ4n) is 3.96. The molecule has 4 rings (SSSR count). The number of rotatable bonds is 8. The van der Waals surface area contributed by atoms with Crippen molar-refractivity contribution in [2.24, 2.45) is 0 Å². The number of anilines is 2. The Morgan fingerprint density at radius 3 is 2.36 bits per heavy atom. The Labute approximate surface area is 227 Å². The monoisotopic (exact) mass is 611 g/mol. The normalized spacial score (nSPS) is 11.3. The average molecular weight is 613 g/mol. The van der Waals surface area contributed by atoms with Crippen molar-refractivity contribution in [2.75, 3.05) is 30.4 Å². The maximum absolute atomic E-state index is 12.7. The van der Waals surface area contributed by atoms with Crippen molar-refractivity contribution in [1.29, 1.82) is 0 Å². The minimum atomic E-state index is -0.255. The summed E-state index contributed by atoms with van der Waals surface area (Å²) >= 11 is 6.95. The van der Waals surface area contributed by atoms with Gasteiger partial charge < -0.3 is 15.0 Å². The third kappa shape index (κ3) is 5.63. The predicted octanol–water partition coefficient (Wildman–Crippen LogP) is 6.76. The topological polar surface area (TPSA) is 72.3 Å². The highest BCUT2D eigenvalue weighted by Gasteiger charge is 2.12. The summed E-state index contributed by atoms with van der Waals surface area (Å²) in [6, 6.07) is 15.7. The molecule has 0 atom stereocenters. The van der Waals surface area contributed by atoms with E-state index in [0.717, 1.165) is 44.4 Å². The van der Waals surface area contributed by atoms with E-state index < -0.39 is 0 Å². The molecule has 1 N–H and O–H groups in total. The van der Waals surface area contributed by atoms with Gasteiger partial charge in [0.2, 0.25) is 5.91 Å². The van der Waals surface area contributed by atoms with Crippen molar-refractivity contribution in [3.05, 3.63) is 74.7 Å². The van der Waals surface area contributed by atoms with Crippen LogP contribution in [0.15, 0.2) is 63.6 Å². The molecule has 0 bridgehead atoms. The smallest absolute Gasteiger partial charge is 0.248 e. The fraction of sp³-hybridized carbons (Fsp3) is 0.222. The van der Waals surface area contributed by atoms with Gasteiger partial charge in [-0.15, -0.1) is 10.2 Å². The largest absolute Gasteiger partial charge is 0.495 e. The Morgan fingerprint density at radius 2 is 1.72 bits per heavy atom. The van der Waals surface area contributed by atoms with Gasteiger partial charge in [0.05, 0.1) is 17.3 Å². The third-order valence-corrected chi connectivity index (χ3v) is 6.90. The lowest BCUT2D eigenvalue weighted by Gasteiger charge is -2.20. The van der Waals surface area contributed by atoms with Gasteiger partial charge in [0.15, 0.2) is 0 Å². The van der Waals surface area contributed by atoms with Gasteiger partial charge in [-0.2, -0.15) is 4.80 Å². The first-order valence-electron chi connectivity index (χ1n) is 11.6. The van der Waals surface area contributed by atoms with E-state index in [1.807, 2.05) is 43.3 Å². The predicted molar refractivity (Wildman–Crippen MR) is 153 cm³/mol. The zero-order valence-electron chi connectivity index (χ0n) is 20.5. The summed E-state index contributed by atoms with van der Waals surface area (Å²) in [4.78, 5) is 16.6. The number of nitrogens with zero attached hydrogens (tertiary/aromatic N) is 4. The summed E-state index contributed by atoms with van der Waals surface area (Å²) < 4.78 is 7.12. The molecule has 0 saturated carbocycles. The molecule has 1 heterocycles. The molecule has 0 aliphatic rings. The zero-order valence-corrected chi connectivity index (χ0v) is 23.7. The summed E-state index contributed by atoms with van der Waals surface area (Å²) in [5.74, 6) is 0.400. The number of methoxy groups -OCH3 is 1. The number of amides is 1. The summed E-state index contributed by atoms with van der Waals surface area (Å²) in [5.41, 5.74) is 5.86. The van der Waals surface area contributed by atoms with Crippen LogP contribution in [0.2, 0.25) is 0 Å². The van der Waals surface area contributed by atoms with Gasteiger partial charge in [-0.05, 0) is 96.9 Å². The van der Waals surface area contributed by atoms with E-state index in [1.165, 1.54) is 11.8 Å². The second kappa shape index (κ2) is 11.3. The Balaban J connectivity index is 1.54. The third-order valence-electron chi connectivity index (χ3n) is 5.85. The maximum atomic E-state index is 12.7. The molecule has 9 heteroatoms. The molecule has 0 aliphatic heterocycles. The first-order valence-corrected chi connectivity index (χ1v) is 13.2. The standard InChI is InChI=1S/C27H27Br2N5O2/c1-5-33(6-2)20-8-10-21(11-9-20)34-31-24-13-17(3)23(16-25(24)32-34)30-26(35)12-7-18-14-19(28)15-22(29)27(18)36-4/h7-16H,5-6H2,1-4H3,(H,30,35)/b12-7+. The number of carbonyl (C=O) groups excluding carboxylic acids is 1. The van der Waals surface area contributed by atoms with Gasteiger partial charge >= 0.3 is 0 Å². The van der Waals surface area contributed by atoms with Crippen LogP contribution < -0.4 is 15.0 Å². The van der Waals surface area contributed by atoms with E-state index >= 15 is 0 Å². The number of carbonyl (C=O) groups is 1. The zero-order chi connectivity index (χ0) is 25.8. The molecule has 36 heavy (non-hydrogen) atoms. The average Bonchev–Trinajstić information content (AvgIpc) is 3.26. The van der Waals surface area contributed by atoms with Gasteiger partial charge in [-0.25, -0.2) is 0 Å². The van der Waals surface area contributed by atoms with Crippen molar-refractivity contribution >= 4 is 66.3 Å². The molecule has 4 aromatic rings. The molecular formula is C27H27Br2N5O2. The molecule has 0 unspecified atom stereocenters. The molecular weight excluding hydrogens is 586 g/mol. The Morgan fingerprint density at radius 1 is 1.06 bits per heavy atom. The van der Waals surface area contributed by atoms with E-state index in [1.54, 1.807) is 18.0 Å². The quantitative estimate of drug-likeness (QED) is 0.223. The molecule has 0 spiro atoms. The minimum absolute atomic E-state index is 0.255. The van der Waals surface area contributed by atoms with Crippen LogP contribution in [-0.4, -0.2) is 41.1 Å². The van der Waals surface area contributed by atoms with E-state index in [0.29, 0.717) is 17.0 Å². The molecule has 0 fully saturated rings. The SMILES string of the molecule is CCN(CC)c1ccc(-n2nc3cc(C)c(NC(=O)/C=C/c4cc(Br)cc(Br)c4OC)cc3n2)cc1. The minimum Gasteiger partial charge on any atom is -0.495 e. The molecule has 7 nitrogen and oxygen atoms in total. The highest BCUT2D eigenvalue weighted by molar-refractivity contribution is 9.11. The Hall–Kier alpha value is -3.17. The lowest BCUT2D eigenvalue weighted by Crippen LogP contribution is -2.21. The Bertz CT molecular complexity index is 1430. The molecule has 1 aromatic heterocycles. The van der Waals surface area contributed by atoms with Crippen LogP contribution in [0, 0.1) is 6.92 Å². The number of aryl methyl sites for hydroxylation is 1. The summed E-state index contributed by atoms with van der Waals surface area (Å²) in [7, 11) is 1.59. The van der Waals surface area contributed by atoms with E-state index in [4.69, 9.17) is 4.74 Å². The van der Waals surface area contributed by atoms with Crippen LogP contribution in [0.5, 0.6) is 5.75 Å². The first-order chi connectivity index (χ1) is 17.3. The molecule has 0 radical (unpaired) electrons. The second-order valence-corrected chi connectivity index (χ2v) is 9.94. The van der Waals surface area contributed by atoms with Crippen LogP contribution in [0.4, 0.5) is 11.4 Å². The lowest BCUT2D eigenvalue weighted by molar-refractivity contribution is -0.111. The van der Waals surface area contributed by atoms with Gasteiger partial charge in [-0.1, -0.05) is 15.9 Å². The number of hydrogen-bond acceptors (Lipinski definition) is 5. The maximum Gasteiger partial charge on any atom is 0.248 e. The van der Waals surface area contributed by atoms with Crippen LogP contribution in [0.25, 0.3) is 22.8 Å². The van der Waals surface area contributed by atoms with Crippen LogP contribution in [-0.2, 0) is 4.79 Å². The van der Waals surface area contributed by atoms with Crippen molar-refractivity contribution in [3.63, 3.8) is 0 Å². The number of halogens is 2. The number of hydrogen-bond donors (Lipinski definition) is 1. The summed E-state index contributed by atoms with van der Waals surface area (Å²) in [5, 5.41) is 12.2. The molecule has 186 valence electrons. The summed E-state index contributed by atoms with van der Waals surface area (Å²) in [6.07, 6.45) is 3.20. The molecule has 0 saturated heterocycles. The van der Waals surface area contributed by atoms with Crippen LogP contribution in [0.3, 0.4) is 0 Å². The molecule has 1 amide bonds. The number of nitrogens with one attached hydrogen (secondary N) is 1. The van der Waals surface area contributed by atoms with E-state index in [9.17, 15) is 4.79 Å². The highest BCUT2D eigenvalue weighted by atomic mass is 79.9. The van der Waals surface area contributed by atoms with Gasteiger partial charge in [0, 0.05) is 40.6 Å². The lowest BCUT2D eigenvalue weighted by atomic mass is 10.1. The van der Waals surface area contributed by atoms with Crippen molar-refractivity contribution < 1.29 is 9.53 Å². The highest BCUT2D eigenvalue weighted by Crippen LogP contribution is 2.33. The first kappa shape index (κ1) is 25.9. The van der Waals surface area contributed by atoms with Crippen LogP contribution in [0.1, 0.15) is 25.0 Å². The van der Waals surface area contributed by atoms with Crippen LogP contribution >= 0.6 is 31.9 Å². The molecule has 0 aliphatic carbocycles. The number of fused-ring (bicyclic) bond motifs is 1. The van der Waals surface area contributed by atoms with Gasteiger partial charge in [-0.3, -0.25) is 4.79 Å². The number of aromatic nitrogens is 3. The summed E-state index contributed by atoms with van der Waals surface area (Å²) in [6.45, 7) is 8.13. The second-order valence-electron chi connectivity index (χ2n) is 8.17. The van der Waals surface area contributed by atoms with E-state index in [2.05, 4.69) is 78.3 Å². The van der Waals surface area contributed by atoms with Crippen molar-refractivity contribution in [1.82, 2.24) is 15.0 Å². The van der Waals surface area contributed by atoms with Crippen molar-refractivity contribution in [3.8, 4) is 11.4 Å². The van der Waals surface area contributed by atoms with E-state index in [-0.39, 0.29) is 5.91 Å². The number of benzene rings is 3.